The lowest BCUT2D eigenvalue weighted by atomic mass is 10.1. The Bertz CT molecular complexity index is 514. The van der Waals surface area contributed by atoms with Crippen molar-refractivity contribution in [2.45, 2.75) is 20.4 Å². The molecule has 0 radical (unpaired) electrons. The second kappa shape index (κ2) is 4.08. The number of rotatable bonds is 3. The number of aryl methyl sites for hydroxylation is 1. The van der Waals surface area contributed by atoms with Crippen LogP contribution in [0.25, 0.3) is 10.9 Å². The van der Waals surface area contributed by atoms with E-state index in [1.807, 2.05) is 6.92 Å². The minimum absolute atomic E-state index is 0.873. The highest BCUT2D eigenvalue weighted by Gasteiger charge is 2.13. The van der Waals surface area contributed by atoms with E-state index >= 15 is 0 Å². The first-order chi connectivity index (χ1) is 7.72. The lowest BCUT2D eigenvalue weighted by molar-refractivity contribution is 0.391. The maximum atomic E-state index is 5.50. The van der Waals surface area contributed by atoms with Crippen molar-refractivity contribution < 1.29 is 9.47 Å². The summed E-state index contributed by atoms with van der Waals surface area (Å²) in [6.07, 6.45) is 2.08. The predicted octanol–water partition coefficient (Wildman–Crippen LogP) is 2.99. The van der Waals surface area contributed by atoms with E-state index in [0.717, 1.165) is 34.5 Å². The van der Waals surface area contributed by atoms with Gasteiger partial charge in [-0.3, -0.25) is 0 Å². The molecular formula is C13H17NO2. The van der Waals surface area contributed by atoms with Gasteiger partial charge in [-0.15, -0.1) is 0 Å². The average Bonchev–Trinajstić information content (AvgIpc) is 2.71. The van der Waals surface area contributed by atoms with Crippen LogP contribution < -0.4 is 9.47 Å². The topological polar surface area (TPSA) is 23.4 Å². The molecule has 0 unspecified atom stereocenters. The summed E-state index contributed by atoms with van der Waals surface area (Å²) in [5.74, 6) is 1.78. The van der Waals surface area contributed by atoms with Gasteiger partial charge in [-0.2, -0.15) is 0 Å². The van der Waals surface area contributed by atoms with Gasteiger partial charge in [0, 0.05) is 23.7 Å². The number of methoxy groups -OCH3 is 2. The van der Waals surface area contributed by atoms with Gasteiger partial charge < -0.3 is 14.0 Å². The highest BCUT2D eigenvalue weighted by molar-refractivity contribution is 5.89. The zero-order chi connectivity index (χ0) is 11.7. The van der Waals surface area contributed by atoms with E-state index in [1.165, 1.54) is 0 Å². The van der Waals surface area contributed by atoms with Gasteiger partial charge in [-0.25, -0.2) is 0 Å². The molecule has 2 aromatic rings. The predicted molar refractivity (Wildman–Crippen MR) is 65.5 cm³/mol. The Morgan fingerprint density at radius 2 is 2.00 bits per heavy atom. The first-order valence-corrected chi connectivity index (χ1v) is 5.43. The Labute approximate surface area is 95.6 Å². The number of nitrogens with zero attached hydrogens (tertiary/aromatic N) is 1. The minimum Gasteiger partial charge on any atom is -0.496 e. The normalized spacial score (nSPS) is 10.8. The molecule has 1 aromatic heterocycles. The number of hydrogen-bond donors (Lipinski definition) is 0. The third-order valence-electron chi connectivity index (χ3n) is 2.97. The first kappa shape index (κ1) is 10.9. The molecule has 0 bridgehead atoms. The molecule has 1 heterocycles. The quantitative estimate of drug-likeness (QED) is 0.792. The van der Waals surface area contributed by atoms with E-state index in [2.05, 4.69) is 29.8 Å². The van der Waals surface area contributed by atoms with Crippen LogP contribution in [-0.2, 0) is 6.54 Å². The molecule has 0 saturated heterocycles. The zero-order valence-electron chi connectivity index (χ0n) is 10.2. The molecule has 0 atom stereocenters. The van der Waals surface area contributed by atoms with Crippen LogP contribution >= 0.6 is 0 Å². The van der Waals surface area contributed by atoms with Crippen molar-refractivity contribution in [3.63, 3.8) is 0 Å². The molecule has 0 aliphatic heterocycles. The van der Waals surface area contributed by atoms with Gasteiger partial charge in [-0.05, 0) is 26.0 Å². The number of fused-ring (bicyclic) bond motifs is 1. The Morgan fingerprint density at radius 1 is 1.25 bits per heavy atom. The fraction of sp³-hybridized carbons (Fsp3) is 0.385. The summed E-state index contributed by atoms with van der Waals surface area (Å²) >= 11 is 0. The van der Waals surface area contributed by atoms with Crippen LogP contribution in [-0.4, -0.2) is 18.8 Å². The summed E-state index contributed by atoms with van der Waals surface area (Å²) in [6.45, 7) is 5.08. The zero-order valence-corrected chi connectivity index (χ0v) is 10.2. The van der Waals surface area contributed by atoms with Crippen LogP contribution in [0.1, 0.15) is 12.5 Å². The van der Waals surface area contributed by atoms with Crippen molar-refractivity contribution >= 4 is 10.9 Å². The van der Waals surface area contributed by atoms with Crippen LogP contribution in [0.2, 0.25) is 0 Å². The molecule has 3 nitrogen and oxygen atoms in total. The second-order valence-electron chi connectivity index (χ2n) is 3.78. The summed E-state index contributed by atoms with van der Waals surface area (Å²) in [7, 11) is 3.39. The molecule has 2 rings (SSSR count). The van der Waals surface area contributed by atoms with E-state index < -0.39 is 0 Å². The molecule has 86 valence electrons. The van der Waals surface area contributed by atoms with Gasteiger partial charge in [0.05, 0.1) is 19.7 Å². The van der Waals surface area contributed by atoms with Crippen molar-refractivity contribution in [2.24, 2.45) is 0 Å². The molecule has 16 heavy (non-hydrogen) atoms. The van der Waals surface area contributed by atoms with Crippen LogP contribution in [0.3, 0.4) is 0 Å². The van der Waals surface area contributed by atoms with Gasteiger partial charge in [-0.1, -0.05) is 0 Å². The van der Waals surface area contributed by atoms with Crippen LogP contribution in [0.15, 0.2) is 18.3 Å². The highest BCUT2D eigenvalue weighted by atomic mass is 16.5. The van der Waals surface area contributed by atoms with Gasteiger partial charge >= 0.3 is 0 Å². The summed E-state index contributed by atoms with van der Waals surface area (Å²) in [5, 5.41) is 1.15. The SMILES string of the molecule is CCn1ccc2cc(OC)c(C)c(OC)c21. The Balaban J connectivity index is 2.82. The van der Waals surface area contributed by atoms with Crippen LogP contribution in [0, 0.1) is 6.92 Å². The number of ether oxygens (including phenoxy) is 2. The van der Waals surface area contributed by atoms with Crippen molar-refractivity contribution in [2.75, 3.05) is 14.2 Å². The number of aromatic nitrogens is 1. The van der Waals surface area contributed by atoms with E-state index in [4.69, 9.17) is 9.47 Å². The first-order valence-electron chi connectivity index (χ1n) is 5.43. The Kier molecular flexibility index (Phi) is 2.77. The van der Waals surface area contributed by atoms with Gasteiger partial charge in [0.1, 0.15) is 11.5 Å². The van der Waals surface area contributed by atoms with Gasteiger partial charge in [0.15, 0.2) is 0 Å². The standard InChI is InChI=1S/C13H17NO2/c1-5-14-7-6-10-8-11(15-3)9(2)13(16-4)12(10)14/h6-8H,5H2,1-4H3. The molecule has 0 aliphatic rings. The molecule has 3 heteroatoms. The van der Waals surface area contributed by atoms with Crippen LogP contribution in [0.5, 0.6) is 11.5 Å². The smallest absolute Gasteiger partial charge is 0.149 e. The lowest BCUT2D eigenvalue weighted by Gasteiger charge is -2.13. The third kappa shape index (κ3) is 1.43. The van der Waals surface area contributed by atoms with Crippen LogP contribution in [0.4, 0.5) is 0 Å². The molecule has 0 saturated carbocycles. The van der Waals surface area contributed by atoms with Crippen molar-refractivity contribution in [1.29, 1.82) is 0 Å². The Hall–Kier alpha value is -1.64. The number of hydrogen-bond acceptors (Lipinski definition) is 2. The Morgan fingerprint density at radius 3 is 2.56 bits per heavy atom. The molecule has 0 fully saturated rings. The van der Waals surface area contributed by atoms with Crippen molar-refractivity contribution in [1.82, 2.24) is 4.57 Å². The summed E-state index contributed by atoms with van der Waals surface area (Å²) in [5.41, 5.74) is 2.19. The second-order valence-corrected chi connectivity index (χ2v) is 3.78. The fourth-order valence-corrected chi connectivity index (χ4v) is 2.13. The lowest BCUT2D eigenvalue weighted by Crippen LogP contribution is -1.98. The summed E-state index contributed by atoms with van der Waals surface area (Å²) < 4.78 is 13.0. The average molecular weight is 219 g/mol. The van der Waals surface area contributed by atoms with E-state index in [0.29, 0.717) is 0 Å². The van der Waals surface area contributed by atoms with Crippen molar-refractivity contribution in [3.05, 3.63) is 23.9 Å². The van der Waals surface area contributed by atoms with Crippen molar-refractivity contribution in [3.8, 4) is 11.5 Å². The molecule has 0 N–H and O–H groups in total. The molecule has 0 spiro atoms. The van der Waals surface area contributed by atoms with Gasteiger partial charge in [0.2, 0.25) is 0 Å². The maximum absolute atomic E-state index is 5.50. The molecule has 0 amide bonds. The van der Waals surface area contributed by atoms with E-state index in [9.17, 15) is 0 Å². The van der Waals surface area contributed by atoms with Gasteiger partial charge in [0.25, 0.3) is 0 Å². The monoisotopic (exact) mass is 219 g/mol. The number of benzene rings is 1. The summed E-state index contributed by atoms with van der Waals surface area (Å²) in [4.78, 5) is 0. The maximum Gasteiger partial charge on any atom is 0.149 e. The largest absolute Gasteiger partial charge is 0.496 e. The molecule has 0 aliphatic carbocycles. The minimum atomic E-state index is 0.873. The fourth-order valence-electron chi connectivity index (χ4n) is 2.13. The summed E-state index contributed by atoms with van der Waals surface area (Å²) in [6, 6.07) is 4.14. The molecular weight excluding hydrogens is 202 g/mol. The highest BCUT2D eigenvalue weighted by Crippen LogP contribution is 2.36. The van der Waals surface area contributed by atoms with E-state index in [1.54, 1.807) is 14.2 Å². The van der Waals surface area contributed by atoms with E-state index in [-0.39, 0.29) is 0 Å². The third-order valence-corrected chi connectivity index (χ3v) is 2.97. The molecule has 1 aromatic carbocycles.